The molecular weight excluding hydrogens is 305 g/mol. The van der Waals surface area contributed by atoms with Gasteiger partial charge in [0.15, 0.2) is 17.7 Å². The van der Waals surface area contributed by atoms with Gasteiger partial charge in [-0.25, -0.2) is 9.18 Å². The van der Waals surface area contributed by atoms with E-state index in [9.17, 15) is 14.0 Å². The van der Waals surface area contributed by atoms with Crippen LogP contribution in [0.5, 0.6) is 5.75 Å². The summed E-state index contributed by atoms with van der Waals surface area (Å²) in [5.41, 5.74) is 0.311. The summed E-state index contributed by atoms with van der Waals surface area (Å²) in [6.45, 7) is 1.31. The monoisotopic (exact) mass is 323 g/mol. The van der Waals surface area contributed by atoms with Crippen molar-refractivity contribution in [3.8, 4) is 5.75 Å². The summed E-state index contributed by atoms with van der Waals surface area (Å²) in [4.78, 5) is 23.0. The second kappa shape index (κ2) is 6.16. The van der Waals surface area contributed by atoms with Gasteiger partial charge in [0.2, 0.25) is 5.91 Å². The van der Waals surface area contributed by atoms with Crippen LogP contribution in [0.2, 0.25) is 0 Å². The second-order valence-corrected chi connectivity index (χ2v) is 5.95. The number of hydrogen-bond donors (Lipinski definition) is 2. The first-order valence-corrected chi connectivity index (χ1v) is 7.59. The van der Waals surface area contributed by atoms with Gasteiger partial charge in [0.05, 0.1) is 18.1 Å². The van der Waals surface area contributed by atoms with Gasteiger partial charge in [-0.05, 0) is 38.3 Å². The zero-order valence-corrected chi connectivity index (χ0v) is 12.6. The molecule has 7 heteroatoms. The Morgan fingerprint density at radius 1 is 1.43 bits per heavy atom. The van der Waals surface area contributed by atoms with E-state index in [0.717, 1.165) is 18.9 Å². The Labute approximate surface area is 132 Å². The first-order valence-electron chi connectivity index (χ1n) is 7.59. The molecule has 2 N–H and O–H groups in total. The summed E-state index contributed by atoms with van der Waals surface area (Å²) in [6, 6.07) is 3.91. The van der Waals surface area contributed by atoms with Crippen LogP contribution in [-0.4, -0.2) is 35.3 Å². The lowest BCUT2D eigenvalue weighted by molar-refractivity contribution is -0.144. The first-order chi connectivity index (χ1) is 10.9. The van der Waals surface area contributed by atoms with Gasteiger partial charge < -0.3 is 19.9 Å². The summed E-state index contributed by atoms with van der Waals surface area (Å²) in [6.07, 6.45) is 1.56. The van der Waals surface area contributed by atoms with E-state index < -0.39 is 17.9 Å². The van der Waals surface area contributed by atoms with Gasteiger partial charge in [-0.15, -0.1) is 0 Å². The van der Waals surface area contributed by atoms with E-state index in [4.69, 9.17) is 14.6 Å². The van der Waals surface area contributed by atoms with Crippen LogP contribution < -0.4 is 10.1 Å². The average Bonchev–Trinajstić information content (AvgIpc) is 3.12. The molecule has 4 unspecified atom stereocenters. The molecule has 1 aromatic rings. The van der Waals surface area contributed by atoms with E-state index >= 15 is 0 Å². The highest BCUT2D eigenvalue weighted by Gasteiger charge is 2.44. The molecular formula is C16H18FNO5. The Bertz CT molecular complexity index is 635. The van der Waals surface area contributed by atoms with E-state index in [1.807, 2.05) is 0 Å². The fraction of sp³-hybridized carbons (Fsp3) is 0.500. The number of ether oxygens (including phenoxy) is 2. The van der Waals surface area contributed by atoms with Gasteiger partial charge in [0.1, 0.15) is 0 Å². The number of amides is 1. The number of hydrogen-bond acceptors (Lipinski definition) is 4. The molecule has 2 bridgehead atoms. The van der Waals surface area contributed by atoms with Crippen molar-refractivity contribution in [3.05, 3.63) is 24.0 Å². The van der Waals surface area contributed by atoms with E-state index in [1.54, 1.807) is 0 Å². The third kappa shape index (κ3) is 3.29. The Morgan fingerprint density at radius 2 is 2.22 bits per heavy atom. The second-order valence-electron chi connectivity index (χ2n) is 5.95. The molecule has 4 atom stereocenters. The van der Waals surface area contributed by atoms with Crippen molar-refractivity contribution in [2.24, 2.45) is 5.92 Å². The van der Waals surface area contributed by atoms with E-state index in [1.165, 1.54) is 19.1 Å². The summed E-state index contributed by atoms with van der Waals surface area (Å²) < 4.78 is 24.6. The van der Waals surface area contributed by atoms with E-state index in [2.05, 4.69) is 5.32 Å². The molecule has 2 aliphatic rings. The first kappa shape index (κ1) is 15.7. The largest absolute Gasteiger partial charge is 0.479 e. The molecule has 2 saturated heterocycles. The molecule has 2 aliphatic heterocycles. The van der Waals surface area contributed by atoms with Crippen LogP contribution in [0.4, 0.5) is 10.1 Å². The van der Waals surface area contributed by atoms with Crippen LogP contribution in [0.3, 0.4) is 0 Å². The maximum atomic E-state index is 14.0. The highest BCUT2D eigenvalue weighted by atomic mass is 19.1. The maximum absolute atomic E-state index is 14.0. The molecule has 1 aromatic carbocycles. The minimum Gasteiger partial charge on any atom is -0.479 e. The Kier molecular flexibility index (Phi) is 4.21. The number of carboxylic acids is 1. The molecule has 0 aliphatic carbocycles. The summed E-state index contributed by atoms with van der Waals surface area (Å²) in [7, 11) is 0. The van der Waals surface area contributed by atoms with Crippen LogP contribution in [0.25, 0.3) is 0 Å². The predicted octanol–water partition coefficient (Wildman–Crippen LogP) is 2.18. The molecule has 1 amide bonds. The normalized spacial score (nSPS) is 26.8. The minimum atomic E-state index is -1.18. The highest BCUT2D eigenvalue weighted by Crippen LogP contribution is 2.39. The number of anilines is 1. The fourth-order valence-electron chi connectivity index (χ4n) is 3.06. The van der Waals surface area contributed by atoms with Crippen molar-refractivity contribution in [2.75, 3.05) is 5.32 Å². The molecule has 0 saturated carbocycles. The summed E-state index contributed by atoms with van der Waals surface area (Å²) >= 11 is 0. The third-order valence-corrected chi connectivity index (χ3v) is 4.29. The number of nitrogens with one attached hydrogen (secondary N) is 1. The van der Waals surface area contributed by atoms with E-state index in [-0.39, 0.29) is 29.8 Å². The van der Waals surface area contributed by atoms with Gasteiger partial charge in [0.25, 0.3) is 0 Å². The zero-order chi connectivity index (χ0) is 16.6. The van der Waals surface area contributed by atoms with Crippen molar-refractivity contribution in [1.82, 2.24) is 0 Å². The Hall–Kier alpha value is -2.15. The molecule has 2 heterocycles. The molecule has 0 spiro atoms. The lowest BCUT2D eigenvalue weighted by atomic mass is 9.88. The fourth-order valence-corrected chi connectivity index (χ4v) is 3.06. The van der Waals surface area contributed by atoms with Gasteiger partial charge >= 0.3 is 5.97 Å². The quantitative estimate of drug-likeness (QED) is 0.867. The zero-order valence-electron chi connectivity index (χ0n) is 12.6. The van der Waals surface area contributed by atoms with Crippen molar-refractivity contribution < 1.29 is 28.6 Å². The molecule has 124 valence electrons. The van der Waals surface area contributed by atoms with Crippen molar-refractivity contribution >= 4 is 17.6 Å². The summed E-state index contributed by atoms with van der Waals surface area (Å²) in [5, 5.41) is 11.4. The molecule has 0 radical (unpaired) electrons. The average molecular weight is 323 g/mol. The molecule has 3 rings (SSSR count). The third-order valence-electron chi connectivity index (χ3n) is 4.29. The maximum Gasteiger partial charge on any atom is 0.344 e. The van der Waals surface area contributed by atoms with Crippen LogP contribution in [0.1, 0.15) is 26.2 Å². The van der Waals surface area contributed by atoms with Gasteiger partial charge in [0, 0.05) is 11.8 Å². The number of benzene rings is 1. The molecule has 6 nitrogen and oxygen atoms in total. The lowest BCUT2D eigenvalue weighted by Gasteiger charge is -2.18. The van der Waals surface area contributed by atoms with Crippen molar-refractivity contribution in [1.29, 1.82) is 0 Å². The minimum absolute atomic E-state index is 0.0381. The molecule has 2 fully saturated rings. The smallest absolute Gasteiger partial charge is 0.344 e. The van der Waals surface area contributed by atoms with E-state index in [0.29, 0.717) is 12.1 Å². The van der Waals surface area contributed by atoms with Crippen LogP contribution in [-0.2, 0) is 14.3 Å². The van der Waals surface area contributed by atoms with Crippen LogP contribution >= 0.6 is 0 Å². The number of carbonyl (C=O) groups excluding carboxylic acids is 1. The standard InChI is InChI=1S/C16H18FNO5/c1-8(16(20)21)22-14-4-2-9(6-12(14)17)18-15(19)11-7-10-3-5-13(11)23-10/h2,4,6,8,10-11,13H,3,5,7H2,1H3,(H,18,19)(H,20,21). The van der Waals surface area contributed by atoms with Crippen molar-refractivity contribution in [3.63, 3.8) is 0 Å². The van der Waals surface area contributed by atoms with Gasteiger partial charge in [-0.1, -0.05) is 0 Å². The van der Waals surface area contributed by atoms with Crippen LogP contribution in [0, 0.1) is 11.7 Å². The number of carbonyl (C=O) groups is 2. The lowest BCUT2D eigenvalue weighted by Crippen LogP contribution is -2.30. The number of aliphatic carboxylic acids is 1. The Morgan fingerprint density at radius 3 is 2.78 bits per heavy atom. The topological polar surface area (TPSA) is 84.9 Å². The van der Waals surface area contributed by atoms with Gasteiger partial charge in [-0.3, -0.25) is 4.79 Å². The summed E-state index contributed by atoms with van der Waals surface area (Å²) in [5.74, 6) is -2.44. The Balaban J connectivity index is 1.63. The number of fused-ring (bicyclic) bond motifs is 2. The molecule has 0 aromatic heterocycles. The SMILES string of the molecule is CC(Oc1ccc(NC(=O)C2CC3CCC2O3)cc1F)C(=O)O. The van der Waals surface area contributed by atoms with Crippen molar-refractivity contribution in [2.45, 2.75) is 44.5 Å². The predicted molar refractivity (Wildman–Crippen MR) is 78.8 cm³/mol. The highest BCUT2D eigenvalue weighted by molar-refractivity contribution is 5.93. The number of halogens is 1. The number of rotatable bonds is 5. The van der Waals surface area contributed by atoms with Gasteiger partial charge in [-0.2, -0.15) is 0 Å². The number of carboxylic acid groups (broad SMARTS) is 1. The van der Waals surface area contributed by atoms with Crippen LogP contribution in [0.15, 0.2) is 18.2 Å². The molecule has 23 heavy (non-hydrogen) atoms.